The Balaban J connectivity index is 1.64. The lowest BCUT2D eigenvalue weighted by Gasteiger charge is -2.16. The van der Waals surface area contributed by atoms with Gasteiger partial charge in [-0.3, -0.25) is 4.90 Å². The van der Waals surface area contributed by atoms with E-state index < -0.39 is 0 Å². The van der Waals surface area contributed by atoms with Gasteiger partial charge in [-0.1, -0.05) is 18.2 Å². The molecule has 3 rings (SSSR count). The Hall–Kier alpha value is -1.65. The van der Waals surface area contributed by atoms with Gasteiger partial charge in [0, 0.05) is 24.8 Å². The zero-order valence-corrected chi connectivity index (χ0v) is 11.8. The molecule has 0 radical (unpaired) electrons. The zero-order valence-electron chi connectivity index (χ0n) is 11.8. The topological polar surface area (TPSA) is 41.3 Å². The van der Waals surface area contributed by atoms with Crippen molar-refractivity contribution in [3.05, 3.63) is 48.3 Å². The van der Waals surface area contributed by atoms with Gasteiger partial charge < -0.3 is 5.11 Å². The quantitative estimate of drug-likeness (QED) is 0.925. The highest BCUT2D eigenvalue weighted by Gasteiger charge is 2.25. The maximum absolute atomic E-state index is 9.65. The van der Waals surface area contributed by atoms with Crippen molar-refractivity contribution in [2.24, 2.45) is 5.92 Å². The number of benzene rings is 1. The van der Waals surface area contributed by atoms with Crippen LogP contribution >= 0.6 is 0 Å². The summed E-state index contributed by atoms with van der Waals surface area (Å²) in [4.78, 5) is 2.39. The summed E-state index contributed by atoms with van der Waals surface area (Å²) in [5.74, 6) is 0.416. The smallest absolute Gasteiger partial charge is 0.0645 e. The summed E-state index contributed by atoms with van der Waals surface area (Å²) in [6.07, 6.45) is 4.91. The van der Waals surface area contributed by atoms with Crippen molar-refractivity contribution in [2.75, 3.05) is 13.1 Å². The predicted octanol–water partition coefficient (Wildman–Crippen LogP) is 2.08. The van der Waals surface area contributed by atoms with Gasteiger partial charge in [0.2, 0.25) is 0 Å². The second kappa shape index (κ2) is 5.77. The Morgan fingerprint density at radius 1 is 1.35 bits per heavy atom. The Bertz CT molecular complexity index is 550. The first-order valence-corrected chi connectivity index (χ1v) is 7.22. The van der Waals surface area contributed by atoms with Crippen molar-refractivity contribution in [3.8, 4) is 5.69 Å². The Morgan fingerprint density at radius 2 is 2.15 bits per heavy atom. The van der Waals surface area contributed by atoms with Crippen LogP contribution in [0.1, 0.15) is 18.9 Å². The average Bonchev–Trinajstić information content (AvgIpc) is 3.10. The summed E-state index contributed by atoms with van der Waals surface area (Å²) < 4.78 is 1.91. The first kappa shape index (κ1) is 13.3. The van der Waals surface area contributed by atoms with Gasteiger partial charge in [0.05, 0.1) is 18.0 Å². The molecule has 2 heterocycles. The molecular formula is C16H21N3O. The maximum atomic E-state index is 9.65. The minimum atomic E-state index is -0.202. The molecule has 1 aromatic carbocycles. The van der Waals surface area contributed by atoms with Crippen LogP contribution in [-0.4, -0.2) is 39.0 Å². The van der Waals surface area contributed by atoms with Crippen molar-refractivity contribution in [3.63, 3.8) is 0 Å². The largest absolute Gasteiger partial charge is 0.393 e. The molecule has 1 saturated heterocycles. The molecule has 0 bridgehead atoms. The van der Waals surface area contributed by atoms with E-state index in [-0.39, 0.29) is 6.10 Å². The molecule has 2 aromatic rings. The van der Waals surface area contributed by atoms with E-state index in [1.54, 1.807) is 0 Å². The van der Waals surface area contributed by atoms with Crippen molar-refractivity contribution in [1.29, 1.82) is 0 Å². The molecule has 2 atom stereocenters. The molecule has 1 aliphatic rings. The summed E-state index contributed by atoms with van der Waals surface area (Å²) in [6, 6.07) is 10.1. The third kappa shape index (κ3) is 2.92. The number of likely N-dealkylation sites (tertiary alicyclic amines) is 1. The Labute approximate surface area is 119 Å². The first-order chi connectivity index (χ1) is 9.72. The van der Waals surface area contributed by atoms with Gasteiger partial charge in [-0.15, -0.1) is 0 Å². The second-order valence-electron chi connectivity index (χ2n) is 5.65. The van der Waals surface area contributed by atoms with Crippen LogP contribution in [0, 0.1) is 5.92 Å². The molecule has 0 amide bonds. The lowest BCUT2D eigenvalue weighted by atomic mass is 10.0. The molecule has 2 unspecified atom stereocenters. The molecule has 106 valence electrons. The number of para-hydroxylation sites is 1. The van der Waals surface area contributed by atoms with E-state index in [2.05, 4.69) is 28.3 Å². The van der Waals surface area contributed by atoms with E-state index in [0.717, 1.165) is 31.7 Å². The minimum Gasteiger partial charge on any atom is -0.393 e. The first-order valence-electron chi connectivity index (χ1n) is 7.22. The van der Waals surface area contributed by atoms with Gasteiger partial charge in [0.25, 0.3) is 0 Å². The van der Waals surface area contributed by atoms with Crippen LogP contribution in [0.15, 0.2) is 42.7 Å². The van der Waals surface area contributed by atoms with Crippen LogP contribution in [0.3, 0.4) is 0 Å². The fourth-order valence-electron chi connectivity index (χ4n) is 2.82. The third-order valence-electron chi connectivity index (χ3n) is 4.05. The predicted molar refractivity (Wildman–Crippen MR) is 78.6 cm³/mol. The zero-order chi connectivity index (χ0) is 13.9. The highest BCUT2D eigenvalue weighted by molar-refractivity contribution is 5.30. The standard InChI is InChI=1S/C16H21N3O/c1-13(20)15-7-8-18(12-15)10-14-9-17-19(11-14)16-5-3-2-4-6-16/h2-6,9,11,13,15,20H,7-8,10,12H2,1H3. The summed E-state index contributed by atoms with van der Waals surface area (Å²) >= 11 is 0. The molecule has 4 nitrogen and oxygen atoms in total. The average molecular weight is 271 g/mol. The number of nitrogens with zero attached hydrogens (tertiary/aromatic N) is 3. The molecule has 1 aromatic heterocycles. The minimum absolute atomic E-state index is 0.202. The number of aromatic nitrogens is 2. The maximum Gasteiger partial charge on any atom is 0.0645 e. The van der Waals surface area contributed by atoms with E-state index in [1.807, 2.05) is 36.0 Å². The fraction of sp³-hybridized carbons (Fsp3) is 0.438. The summed E-state index contributed by atoms with van der Waals surface area (Å²) in [6.45, 7) is 4.85. The van der Waals surface area contributed by atoms with Crippen molar-refractivity contribution < 1.29 is 5.11 Å². The SMILES string of the molecule is CC(O)C1CCN(Cc2cnn(-c3ccccc3)c2)C1. The number of hydrogen-bond acceptors (Lipinski definition) is 3. The second-order valence-corrected chi connectivity index (χ2v) is 5.65. The van der Waals surface area contributed by atoms with Crippen molar-refractivity contribution >= 4 is 0 Å². The molecule has 0 spiro atoms. The number of aliphatic hydroxyl groups excluding tert-OH is 1. The Kier molecular flexibility index (Phi) is 3.85. The van der Waals surface area contributed by atoms with Gasteiger partial charge in [0.1, 0.15) is 0 Å². The molecule has 0 saturated carbocycles. The lowest BCUT2D eigenvalue weighted by Crippen LogP contribution is -2.23. The van der Waals surface area contributed by atoms with E-state index in [9.17, 15) is 5.11 Å². The molecule has 1 N–H and O–H groups in total. The van der Waals surface area contributed by atoms with Gasteiger partial charge in [-0.2, -0.15) is 5.10 Å². The van der Waals surface area contributed by atoms with Crippen LogP contribution < -0.4 is 0 Å². The van der Waals surface area contributed by atoms with Gasteiger partial charge in [0.15, 0.2) is 0 Å². The van der Waals surface area contributed by atoms with Crippen LogP contribution in [0.4, 0.5) is 0 Å². The normalized spacial score (nSPS) is 21.2. The van der Waals surface area contributed by atoms with Gasteiger partial charge in [-0.25, -0.2) is 4.68 Å². The Morgan fingerprint density at radius 3 is 2.85 bits per heavy atom. The lowest BCUT2D eigenvalue weighted by molar-refractivity contribution is 0.127. The third-order valence-corrected chi connectivity index (χ3v) is 4.05. The molecular weight excluding hydrogens is 250 g/mol. The van der Waals surface area contributed by atoms with Gasteiger partial charge >= 0.3 is 0 Å². The summed E-state index contributed by atoms with van der Waals surface area (Å²) in [7, 11) is 0. The molecule has 0 aliphatic carbocycles. The van der Waals surface area contributed by atoms with Crippen molar-refractivity contribution in [2.45, 2.75) is 26.0 Å². The van der Waals surface area contributed by atoms with Crippen LogP contribution in [0.2, 0.25) is 0 Å². The fourth-order valence-corrected chi connectivity index (χ4v) is 2.82. The van der Waals surface area contributed by atoms with Crippen LogP contribution in [-0.2, 0) is 6.54 Å². The molecule has 1 aliphatic heterocycles. The summed E-state index contributed by atoms with van der Waals surface area (Å²) in [5.41, 5.74) is 2.31. The van der Waals surface area contributed by atoms with Crippen LogP contribution in [0.5, 0.6) is 0 Å². The monoisotopic (exact) mass is 271 g/mol. The number of rotatable bonds is 4. The molecule has 4 heteroatoms. The highest BCUT2D eigenvalue weighted by Crippen LogP contribution is 2.21. The van der Waals surface area contributed by atoms with E-state index in [0.29, 0.717) is 5.92 Å². The van der Waals surface area contributed by atoms with Gasteiger partial charge in [-0.05, 0) is 37.9 Å². The summed E-state index contributed by atoms with van der Waals surface area (Å²) in [5, 5.41) is 14.1. The van der Waals surface area contributed by atoms with Crippen LogP contribution in [0.25, 0.3) is 5.69 Å². The highest BCUT2D eigenvalue weighted by atomic mass is 16.3. The van der Waals surface area contributed by atoms with E-state index in [1.165, 1.54) is 5.56 Å². The number of hydrogen-bond donors (Lipinski definition) is 1. The number of aliphatic hydroxyl groups is 1. The van der Waals surface area contributed by atoms with E-state index >= 15 is 0 Å². The molecule has 1 fully saturated rings. The van der Waals surface area contributed by atoms with Crippen molar-refractivity contribution in [1.82, 2.24) is 14.7 Å². The van der Waals surface area contributed by atoms with E-state index in [4.69, 9.17) is 0 Å². The molecule has 20 heavy (non-hydrogen) atoms.